The molecule has 2 N–H and O–H groups in total. The van der Waals surface area contributed by atoms with Crippen LogP contribution >= 0.6 is 0 Å². The number of hydrogen-bond acceptors (Lipinski definition) is 9. The van der Waals surface area contributed by atoms with Crippen molar-refractivity contribution in [3.63, 3.8) is 0 Å². The Kier molecular flexibility index (Phi) is 9.71. The average molecular weight is 604 g/mol. The van der Waals surface area contributed by atoms with Crippen LogP contribution in [-0.4, -0.2) is 68.7 Å². The highest BCUT2D eigenvalue weighted by Crippen LogP contribution is 2.40. The molecule has 43 heavy (non-hydrogen) atoms. The SMILES string of the molecule is C=CC(=O)Nc1cc(Nc2cc(N3OCC[C@@H]3c3cc(F)cc(C(F)(F)F)c3)ncn2)c(OC)cc1N(C)CCN(C)C. The van der Waals surface area contributed by atoms with Crippen molar-refractivity contribution in [2.75, 3.05) is 68.5 Å². The lowest BCUT2D eigenvalue weighted by atomic mass is 10.0. The number of carbonyl (C=O) groups excluding carboxylic acids is 1. The topological polar surface area (TPSA) is 95.1 Å². The van der Waals surface area contributed by atoms with Gasteiger partial charge in [-0.2, -0.15) is 13.2 Å². The fourth-order valence-corrected chi connectivity index (χ4v) is 4.55. The normalized spacial score (nSPS) is 15.0. The van der Waals surface area contributed by atoms with E-state index in [4.69, 9.17) is 9.57 Å². The zero-order valence-electron chi connectivity index (χ0n) is 24.2. The number of alkyl halides is 3. The molecule has 1 amide bonds. The number of amides is 1. The molecule has 1 saturated heterocycles. The molecule has 1 atom stereocenters. The van der Waals surface area contributed by atoms with Crippen LogP contribution in [0.5, 0.6) is 5.75 Å². The summed E-state index contributed by atoms with van der Waals surface area (Å²) in [4.78, 5) is 30.5. The predicted octanol–water partition coefficient (Wildman–Crippen LogP) is 5.39. The first-order valence-corrected chi connectivity index (χ1v) is 13.3. The molecule has 1 aromatic heterocycles. The molecule has 3 aromatic rings. The average Bonchev–Trinajstić information content (AvgIpc) is 3.45. The molecular weight excluding hydrogens is 570 g/mol. The van der Waals surface area contributed by atoms with Gasteiger partial charge in [0.2, 0.25) is 5.91 Å². The van der Waals surface area contributed by atoms with Gasteiger partial charge in [0.05, 0.1) is 42.4 Å². The largest absolute Gasteiger partial charge is 0.494 e. The quantitative estimate of drug-likeness (QED) is 0.221. The van der Waals surface area contributed by atoms with E-state index in [1.807, 2.05) is 30.9 Å². The van der Waals surface area contributed by atoms with E-state index in [1.54, 1.807) is 18.2 Å². The first-order valence-electron chi connectivity index (χ1n) is 13.3. The second-order valence-electron chi connectivity index (χ2n) is 10.1. The lowest BCUT2D eigenvalue weighted by Gasteiger charge is -2.26. The van der Waals surface area contributed by atoms with Gasteiger partial charge in [-0.3, -0.25) is 9.63 Å². The van der Waals surface area contributed by atoms with Crippen molar-refractivity contribution >= 4 is 34.6 Å². The van der Waals surface area contributed by atoms with Crippen molar-refractivity contribution in [1.82, 2.24) is 14.9 Å². The number of nitrogens with one attached hydrogen (secondary N) is 2. The molecule has 4 rings (SSSR count). The molecule has 0 aliphatic carbocycles. The van der Waals surface area contributed by atoms with Crippen LogP contribution in [0.1, 0.15) is 23.6 Å². The summed E-state index contributed by atoms with van der Waals surface area (Å²) in [5.74, 6) is -0.382. The molecule has 0 radical (unpaired) electrons. The Balaban J connectivity index is 1.65. The number of rotatable bonds is 11. The smallest absolute Gasteiger partial charge is 0.416 e. The van der Waals surface area contributed by atoms with E-state index in [0.29, 0.717) is 47.7 Å². The zero-order valence-corrected chi connectivity index (χ0v) is 24.2. The number of anilines is 5. The molecule has 0 saturated carbocycles. The number of aromatic nitrogens is 2. The number of hydrogen-bond donors (Lipinski definition) is 2. The van der Waals surface area contributed by atoms with Gasteiger partial charge in [-0.05, 0) is 50.0 Å². The molecule has 1 aliphatic rings. The molecular formula is C29H33F4N7O3. The van der Waals surface area contributed by atoms with E-state index in [0.717, 1.165) is 18.7 Å². The molecule has 2 aromatic carbocycles. The van der Waals surface area contributed by atoms with Crippen molar-refractivity contribution < 1.29 is 31.9 Å². The van der Waals surface area contributed by atoms with Crippen molar-refractivity contribution in [1.29, 1.82) is 0 Å². The second kappa shape index (κ2) is 13.3. The van der Waals surface area contributed by atoms with Crippen LogP contribution in [0, 0.1) is 5.82 Å². The summed E-state index contributed by atoms with van der Waals surface area (Å²) in [6.07, 6.45) is -1.96. The lowest BCUT2D eigenvalue weighted by Crippen LogP contribution is -2.29. The zero-order chi connectivity index (χ0) is 31.3. The van der Waals surface area contributed by atoms with Crippen molar-refractivity contribution in [3.8, 4) is 5.75 Å². The van der Waals surface area contributed by atoms with Crippen LogP contribution in [0.25, 0.3) is 0 Å². The summed E-state index contributed by atoms with van der Waals surface area (Å²) in [5, 5.41) is 7.33. The van der Waals surface area contributed by atoms with Gasteiger partial charge >= 0.3 is 6.18 Å². The van der Waals surface area contributed by atoms with Gasteiger partial charge in [-0.25, -0.2) is 19.4 Å². The maximum atomic E-state index is 14.2. The van der Waals surface area contributed by atoms with Gasteiger partial charge in [0.25, 0.3) is 0 Å². The molecule has 0 unspecified atom stereocenters. The predicted molar refractivity (Wildman–Crippen MR) is 156 cm³/mol. The minimum atomic E-state index is -4.70. The molecule has 2 heterocycles. The lowest BCUT2D eigenvalue weighted by molar-refractivity contribution is -0.137. The summed E-state index contributed by atoms with van der Waals surface area (Å²) in [6, 6.07) is 6.73. The third-order valence-corrected chi connectivity index (χ3v) is 6.73. The molecule has 10 nitrogen and oxygen atoms in total. The minimum Gasteiger partial charge on any atom is -0.494 e. The Morgan fingerprint density at radius 2 is 1.91 bits per heavy atom. The Bertz CT molecular complexity index is 1470. The van der Waals surface area contributed by atoms with Crippen LogP contribution in [0.2, 0.25) is 0 Å². The summed E-state index contributed by atoms with van der Waals surface area (Å²) < 4.78 is 59.9. The first-order chi connectivity index (χ1) is 20.4. The van der Waals surface area contributed by atoms with Crippen molar-refractivity contribution in [2.45, 2.75) is 18.6 Å². The van der Waals surface area contributed by atoms with Crippen LogP contribution in [-0.2, 0) is 15.8 Å². The van der Waals surface area contributed by atoms with Crippen LogP contribution in [0.3, 0.4) is 0 Å². The highest BCUT2D eigenvalue weighted by molar-refractivity contribution is 6.02. The third-order valence-electron chi connectivity index (χ3n) is 6.73. The number of nitrogens with zero attached hydrogens (tertiary/aromatic N) is 5. The molecule has 1 aliphatic heterocycles. The van der Waals surface area contributed by atoms with E-state index >= 15 is 0 Å². The molecule has 0 bridgehead atoms. The highest BCUT2D eigenvalue weighted by atomic mass is 19.4. The number of methoxy groups -OCH3 is 1. The number of halogens is 4. The number of hydroxylamine groups is 1. The van der Waals surface area contributed by atoms with E-state index in [-0.39, 0.29) is 18.0 Å². The maximum Gasteiger partial charge on any atom is 0.416 e. The number of benzene rings is 2. The molecule has 230 valence electrons. The fourth-order valence-electron chi connectivity index (χ4n) is 4.55. The van der Waals surface area contributed by atoms with Gasteiger partial charge in [-0.1, -0.05) is 6.58 Å². The van der Waals surface area contributed by atoms with Gasteiger partial charge in [0, 0.05) is 38.7 Å². The number of likely N-dealkylation sites (N-methyl/N-ethyl adjacent to an activating group) is 2. The first kappa shape index (κ1) is 31.5. The van der Waals surface area contributed by atoms with Crippen molar-refractivity contribution in [2.24, 2.45) is 0 Å². The van der Waals surface area contributed by atoms with Crippen LogP contribution in [0.4, 0.5) is 46.3 Å². The fraction of sp³-hybridized carbons (Fsp3) is 0.345. The molecule has 0 spiro atoms. The summed E-state index contributed by atoms with van der Waals surface area (Å²) in [5.41, 5.74) is 0.704. The van der Waals surface area contributed by atoms with E-state index in [9.17, 15) is 22.4 Å². The number of ether oxygens (including phenoxy) is 1. The van der Waals surface area contributed by atoms with E-state index in [1.165, 1.54) is 24.6 Å². The highest BCUT2D eigenvalue weighted by Gasteiger charge is 2.35. The second-order valence-corrected chi connectivity index (χ2v) is 10.1. The van der Waals surface area contributed by atoms with Crippen LogP contribution in [0.15, 0.2) is 55.4 Å². The summed E-state index contributed by atoms with van der Waals surface area (Å²) in [6.45, 7) is 5.16. The van der Waals surface area contributed by atoms with Gasteiger partial charge in [0.15, 0.2) is 5.82 Å². The van der Waals surface area contributed by atoms with E-state index in [2.05, 4.69) is 27.2 Å². The molecule has 14 heteroatoms. The Morgan fingerprint density at radius 3 is 2.58 bits per heavy atom. The standard InChI is InChI=1S/C29H33F4N7O3/c1-6-28(41)37-21-14-22(25(42-5)15-24(21)39(4)9-8-38(2)3)36-26-16-27(35-17-34-26)40-23(7-10-43-40)18-11-19(29(31,32)33)13-20(30)12-18/h6,11-17,23H,1,7-10H2,2-5H3,(H,37,41)(H,34,35,36)/t23-/m1/s1. The molecule has 1 fully saturated rings. The summed E-state index contributed by atoms with van der Waals surface area (Å²) >= 11 is 0. The number of carbonyl (C=O) groups is 1. The van der Waals surface area contributed by atoms with Gasteiger partial charge in [0.1, 0.15) is 23.7 Å². The maximum absolute atomic E-state index is 14.2. The Hall–Kier alpha value is -4.43. The Labute approximate surface area is 246 Å². The summed E-state index contributed by atoms with van der Waals surface area (Å²) in [7, 11) is 7.33. The third kappa shape index (κ3) is 7.70. The van der Waals surface area contributed by atoms with Gasteiger partial charge in [-0.15, -0.1) is 0 Å². The monoisotopic (exact) mass is 603 g/mol. The van der Waals surface area contributed by atoms with E-state index < -0.39 is 29.5 Å². The van der Waals surface area contributed by atoms with Crippen molar-refractivity contribution in [3.05, 3.63) is 72.3 Å². The minimum absolute atomic E-state index is 0.108. The Morgan fingerprint density at radius 1 is 1.14 bits per heavy atom. The van der Waals surface area contributed by atoms with Crippen LogP contribution < -0.4 is 25.3 Å². The van der Waals surface area contributed by atoms with Gasteiger partial charge < -0.3 is 25.2 Å².